The molecule has 0 bridgehead atoms. The van der Waals surface area contributed by atoms with Crippen molar-refractivity contribution in [3.05, 3.63) is 76.1 Å². The van der Waals surface area contributed by atoms with Crippen LogP contribution in [0.15, 0.2) is 53.7 Å². The minimum absolute atomic E-state index is 0.134. The molecule has 0 unspecified atom stereocenters. The first kappa shape index (κ1) is 23.1. The molecule has 33 heavy (non-hydrogen) atoms. The molecular weight excluding hydrogens is 458 g/mol. The molecule has 2 aromatic carbocycles. The van der Waals surface area contributed by atoms with Gasteiger partial charge in [0.2, 0.25) is 11.1 Å². The summed E-state index contributed by atoms with van der Waals surface area (Å²) in [5.41, 5.74) is 4.77. The molecule has 2 heterocycles. The summed E-state index contributed by atoms with van der Waals surface area (Å²) in [4.78, 5) is 21.5. The number of carbonyl (C=O) groups excluding carboxylic acids is 1. The normalized spacial score (nSPS) is 11.0. The average Bonchev–Trinajstić information content (AvgIpc) is 3.20. The monoisotopic (exact) mass is 481 g/mol. The third-order valence-corrected chi connectivity index (χ3v) is 6.15. The van der Waals surface area contributed by atoms with Crippen LogP contribution in [-0.4, -0.2) is 37.8 Å². The lowest BCUT2D eigenvalue weighted by molar-refractivity contribution is -0.113. The molecule has 0 radical (unpaired) electrons. The molecule has 1 N–H and O–H groups in total. The molecule has 0 saturated carbocycles. The summed E-state index contributed by atoms with van der Waals surface area (Å²) >= 11 is 7.41. The van der Waals surface area contributed by atoms with E-state index in [1.54, 1.807) is 4.52 Å². The highest BCUT2D eigenvalue weighted by Gasteiger charge is 2.15. The Balaban J connectivity index is 1.44. The zero-order valence-corrected chi connectivity index (χ0v) is 20.2. The van der Waals surface area contributed by atoms with Crippen LogP contribution in [0.25, 0.3) is 5.78 Å². The van der Waals surface area contributed by atoms with E-state index in [0.717, 1.165) is 28.3 Å². The highest BCUT2D eigenvalue weighted by molar-refractivity contribution is 7.99. The molecule has 0 saturated heterocycles. The molecule has 0 aliphatic rings. The Bertz CT molecular complexity index is 1290. The fourth-order valence-electron chi connectivity index (χ4n) is 3.49. The summed E-state index contributed by atoms with van der Waals surface area (Å²) in [6, 6.07) is 15.1. The van der Waals surface area contributed by atoms with E-state index in [4.69, 9.17) is 16.3 Å². The van der Waals surface area contributed by atoms with Crippen molar-refractivity contribution in [2.45, 2.75) is 32.3 Å². The number of carbonyl (C=O) groups is 1. The molecule has 4 rings (SSSR count). The van der Waals surface area contributed by atoms with Crippen LogP contribution in [-0.2, 0) is 11.2 Å². The topological polar surface area (TPSA) is 81.4 Å². The first-order chi connectivity index (χ1) is 15.9. The van der Waals surface area contributed by atoms with E-state index in [1.807, 2.05) is 69.3 Å². The maximum Gasteiger partial charge on any atom is 0.253 e. The van der Waals surface area contributed by atoms with Gasteiger partial charge in [0.1, 0.15) is 5.75 Å². The lowest BCUT2D eigenvalue weighted by Gasteiger charge is -2.10. The third kappa shape index (κ3) is 5.64. The second-order valence-corrected chi connectivity index (χ2v) is 8.85. The number of aryl methyl sites for hydroxylation is 2. The summed E-state index contributed by atoms with van der Waals surface area (Å²) in [6.45, 7) is 6.50. The van der Waals surface area contributed by atoms with Crippen molar-refractivity contribution >= 4 is 40.7 Å². The maximum atomic E-state index is 12.4. The number of amides is 1. The van der Waals surface area contributed by atoms with Crippen LogP contribution in [0.3, 0.4) is 0 Å². The summed E-state index contributed by atoms with van der Waals surface area (Å²) < 4.78 is 7.15. The van der Waals surface area contributed by atoms with E-state index in [-0.39, 0.29) is 11.7 Å². The van der Waals surface area contributed by atoms with Gasteiger partial charge in [-0.2, -0.15) is 4.98 Å². The van der Waals surface area contributed by atoms with E-state index in [2.05, 4.69) is 20.4 Å². The van der Waals surface area contributed by atoms with Gasteiger partial charge in [-0.05, 0) is 68.3 Å². The predicted octanol–water partition coefficient (Wildman–Crippen LogP) is 5.11. The summed E-state index contributed by atoms with van der Waals surface area (Å²) in [5.74, 6) is 1.35. The standard InChI is InChI=1S/C24H24ClN5O2S/c1-4-32-20-10-8-19(9-11-20)27-22(31)14-33-24-28-23-26-15(2)21(16(3)30(23)29-24)13-17-6-5-7-18(25)12-17/h5-12H,4,13-14H2,1-3H3,(H,27,31). The average molecular weight is 482 g/mol. The van der Waals surface area contributed by atoms with E-state index in [9.17, 15) is 4.79 Å². The van der Waals surface area contributed by atoms with Gasteiger partial charge in [-0.15, -0.1) is 5.10 Å². The lowest BCUT2D eigenvalue weighted by atomic mass is 10.0. The van der Waals surface area contributed by atoms with Gasteiger partial charge in [0.15, 0.2) is 0 Å². The number of ether oxygens (including phenoxy) is 1. The quantitative estimate of drug-likeness (QED) is 0.352. The van der Waals surface area contributed by atoms with Crippen LogP contribution in [0.1, 0.15) is 29.4 Å². The van der Waals surface area contributed by atoms with Gasteiger partial charge >= 0.3 is 0 Å². The smallest absolute Gasteiger partial charge is 0.253 e. The van der Waals surface area contributed by atoms with Crippen molar-refractivity contribution in [3.63, 3.8) is 0 Å². The fourth-order valence-corrected chi connectivity index (χ4v) is 4.32. The van der Waals surface area contributed by atoms with Crippen LogP contribution in [0.4, 0.5) is 5.69 Å². The number of hydrogen-bond acceptors (Lipinski definition) is 6. The van der Waals surface area contributed by atoms with Gasteiger partial charge < -0.3 is 10.1 Å². The van der Waals surface area contributed by atoms with Crippen molar-refractivity contribution in [3.8, 4) is 5.75 Å². The molecule has 0 aliphatic heterocycles. The highest BCUT2D eigenvalue weighted by atomic mass is 35.5. The Morgan fingerprint density at radius 1 is 1.15 bits per heavy atom. The minimum atomic E-state index is -0.134. The van der Waals surface area contributed by atoms with Crippen molar-refractivity contribution in [1.29, 1.82) is 0 Å². The van der Waals surface area contributed by atoms with Gasteiger partial charge in [0.25, 0.3) is 5.78 Å². The van der Waals surface area contributed by atoms with Crippen LogP contribution >= 0.6 is 23.4 Å². The summed E-state index contributed by atoms with van der Waals surface area (Å²) in [7, 11) is 0. The Morgan fingerprint density at radius 3 is 2.67 bits per heavy atom. The first-order valence-corrected chi connectivity index (χ1v) is 11.9. The van der Waals surface area contributed by atoms with Crippen LogP contribution in [0.2, 0.25) is 5.02 Å². The summed E-state index contributed by atoms with van der Waals surface area (Å²) in [5, 5.41) is 8.65. The van der Waals surface area contributed by atoms with Crippen molar-refractivity contribution in [2.75, 3.05) is 17.7 Å². The van der Waals surface area contributed by atoms with Crippen molar-refractivity contribution < 1.29 is 9.53 Å². The number of rotatable bonds is 8. The fraction of sp³-hybridized carbons (Fsp3) is 0.250. The number of fused-ring (bicyclic) bond motifs is 1. The van der Waals surface area contributed by atoms with Crippen molar-refractivity contribution in [1.82, 2.24) is 19.6 Å². The number of benzene rings is 2. The number of thioether (sulfide) groups is 1. The second kappa shape index (κ2) is 10.2. The highest BCUT2D eigenvalue weighted by Crippen LogP contribution is 2.22. The van der Waals surface area contributed by atoms with Gasteiger partial charge in [-0.3, -0.25) is 4.79 Å². The Labute approximate surface area is 201 Å². The molecule has 0 atom stereocenters. The Morgan fingerprint density at radius 2 is 1.94 bits per heavy atom. The molecule has 0 aliphatic carbocycles. The number of halogens is 1. The summed E-state index contributed by atoms with van der Waals surface area (Å²) in [6.07, 6.45) is 0.702. The SMILES string of the molecule is CCOc1ccc(NC(=O)CSc2nc3nc(C)c(Cc4cccc(Cl)c4)c(C)n3n2)cc1. The van der Waals surface area contributed by atoms with Crippen LogP contribution in [0.5, 0.6) is 5.75 Å². The molecule has 0 spiro atoms. The van der Waals surface area contributed by atoms with E-state index >= 15 is 0 Å². The molecule has 170 valence electrons. The van der Waals surface area contributed by atoms with Gasteiger partial charge in [0, 0.05) is 28.5 Å². The molecule has 1 amide bonds. The molecule has 0 fully saturated rings. The Hall–Kier alpha value is -3.10. The number of hydrogen-bond donors (Lipinski definition) is 1. The maximum absolute atomic E-state index is 12.4. The van der Waals surface area contributed by atoms with Gasteiger partial charge in [-0.25, -0.2) is 9.50 Å². The first-order valence-electron chi connectivity index (χ1n) is 10.6. The lowest BCUT2D eigenvalue weighted by Crippen LogP contribution is -2.14. The number of nitrogens with zero attached hydrogens (tertiary/aromatic N) is 4. The number of aromatic nitrogens is 4. The van der Waals surface area contributed by atoms with E-state index in [1.165, 1.54) is 11.8 Å². The third-order valence-electron chi connectivity index (χ3n) is 5.08. The molecule has 7 nitrogen and oxygen atoms in total. The Kier molecular flexibility index (Phi) is 7.15. The zero-order valence-electron chi connectivity index (χ0n) is 18.6. The number of anilines is 1. The van der Waals surface area contributed by atoms with Gasteiger partial charge in [0.05, 0.1) is 12.4 Å². The number of nitrogens with one attached hydrogen (secondary N) is 1. The van der Waals surface area contributed by atoms with E-state index < -0.39 is 0 Å². The molecule has 9 heteroatoms. The molecule has 4 aromatic rings. The molecular formula is C24H24ClN5O2S. The van der Waals surface area contributed by atoms with Crippen LogP contribution < -0.4 is 10.1 Å². The second-order valence-electron chi connectivity index (χ2n) is 7.47. The van der Waals surface area contributed by atoms with Crippen molar-refractivity contribution in [2.24, 2.45) is 0 Å². The molecule has 2 aromatic heterocycles. The largest absolute Gasteiger partial charge is 0.494 e. The predicted molar refractivity (Wildman–Crippen MR) is 131 cm³/mol. The minimum Gasteiger partial charge on any atom is -0.494 e. The zero-order chi connectivity index (χ0) is 23.4. The van der Waals surface area contributed by atoms with E-state index in [0.29, 0.717) is 34.7 Å². The van der Waals surface area contributed by atoms with Crippen LogP contribution in [0, 0.1) is 13.8 Å². The van der Waals surface area contributed by atoms with Gasteiger partial charge in [-0.1, -0.05) is 35.5 Å².